The van der Waals surface area contributed by atoms with Gasteiger partial charge in [-0.25, -0.2) is 13.4 Å². The van der Waals surface area contributed by atoms with Gasteiger partial charge in [0.2, 0.25) is 15.9 Å². The lowest BCUT2D eigenvalue weighted by molar-refractivity contribution is -0.117. The first kappa shape index (κ1) is 26.6. The summed E-state index contributed by atoms with van der Waals surface area (Å²) in [5, 5.41) is 0.332. The highest BCUT2D eigenvalue weighted by Crippen LogP contribution is 2.40. The Morgan fingerprint density at radius 2 is 1.77 bits per heavy atom. The number of carbonyl (C=O) groups excluding carboxylic acids is 1. The van der Waals surface area contributed by atoms with Crippen LogP contribution in [0, 0.1) is 0 Å². The number of nitrogens with two attached hydrogens (primary N) is 2. The van der Waals surface area contributed by atoms with Crippen molar-refractivity contribution in [3.8, 4) is 11.5 Å². The molecule has 0 bridgehead atoms. The monoisotopic (exact) mass is 576 g/mol. The fourth-order valence-electron chi connectivity index (χ4n) is 5.86. The molecule has 0 spiro atoms. The molecule has 1 saturated carbocycles. The summed E-state index contributed by atoms with van der Waals surface area (Å²) in [4.78, 5) is 20.7. The maximum Gasteiger partial charge on any atom is 0.243 e. The zero-order chi connectivity index (χ0) is 27.3. The molecule has 4 aliphatic rings. The number of pyridine rings is 1. The number of hydrogen-bond donors (Lipinski definition) is 2. The molecule has 1 aromatic carbocycles. The summed E-state index contributed by atoms with van der Waals surface area (Å²) in [6.45, 7) is 1.72. The molecule has 4 N–H and O–H groups in total. The van der Waals surface area contributed by atoms with Crippen molar-refractivity contribution in [1.29, 1.82) is 0 Å². The first-order valence-corrected chi connectivity index (χ1v) is 15.2. The Balaban J connectivity index is 1.13. The van der Waals surface area contributed by atoms with E-state index in [4.69, 9.17) is 32.5 Å². The second kappa shape index (κ2) is 10.4. The lowest BCUT2D eigenvalue weighted by atomic mass is 9.94. The van der Waals surface area contributed by atoms with Crippen LogP contribution in [0.1, 0.15) is 32.1 Å². The molecule has 210 valence electrons. The Labute approximate surface area is 233 Å². The minimum Gasteiger partial charge on any atom is -0.490 e. The predicted octanol–water partition coefficient (Wildman–Crippen LogP) is 1.72. The molecule has 1 aliphatic carbocycles. The molecule has 13 heteroatoms. The molecule has 3 aliphatic heterocycles. The highest BCUT2D eigenvalue weighted by atomic mass is 35.5. The lowest BCUT2D eigenvalue weighted by Crippen LogP contribution is -2.49. The van der Waals surface area contributed by atoms with Gasteiger partial charge in [0.15, 0.2) is 0 Å². The molecule has 2 saturated heterocycles. The summed E-state index contributed by atoms with van der Waals surface area (Å²) in [6, 6.07) is 7.96. The molecular weight excluding hydrogens is 544 g/mol. The van der Waals surface area contributed by atoms with Gasteiger partial charge < -0.3 is 30.7 Å². The average Bonchev–Trinajstić information content (AvgIpc) is 3.22. The summed E-state index contributed by atoms with van der Waals surface area (Å²) < 4.78 is 40.5. The fourth-order valence-corrected chi connectivity index (χ4v) is 7.50. The van der Waals surface area contributed by atoms with E-state index >= 15 is 0 Å². The van der Waals surface area contributed by atoms with E-state index < -0.39 is 10.0 Å². The summed E-state index contributed by atoms with van der Waals surface area (Å²) >= 11 is 6.31. The molecule has 1 aromatic heterocycles. The maximum atomic E-state index is 13.5. The quantitative estimate of drug-likeness (QED) is 0.508. The van der Waals surface area contributed by atoms with Crippen molar-refractivity contribution in [2.24, 2.45) is 11.5 Å². The summed E-state index contributed by atoms with van der Waals surface area (Å²) in [7, 11) is -3.77. The molecule has 1 amide bonds. The third-order valence-electron chi connectivity index (χ3n) is 8.08. The number of sulfonamides is 1. The van der Waals surface area contributed by atoms with E-state index in [1.54, 1.807) is 17.0 Å². The number of carbonyl (C=O) groups is 1. The lowest BCUT2D eigenvalue weighted by Gasteiger charge is -2.36. The third-order valence-corrected chi connectivity index (χ3v) is 10.2. The van der Waals surface area contributed by atoms with Crippen LogP contribution in [0.2, 0.25) is 5.15 Å². The molecule has 0 radical (unpaired) electrons. The minimum atomic E-state index is -3.77. The Hall–Kier alpha value is -2.64. The minimum absolute atomic E-state index is 0.0742. The topological polar surface area (TPSA) is 144 Å². The van der Waals surface area contributed by atoms with Crippen molar-refractivity contribution >= 4 is 39.0 Å². The van der Waals surface area contributed by atoms with Crippen molar-refractivity contribution in [2.75, 3.05) is 42.6 Å². The fraction of sp³-hybridized carbons (Fsp3) is 0.538. The number of halogens is 1. The smallest absolute Gasteiger partial charge is 0.243 e. The molecular formula is C26H33ClN6O5S. The van der Waals surface area contributed by atoms with Gasteiger partial charge in [-0.15, -0.1) is 0 Å². The molecule has 11 nitrogen and oxygen atoms in total. The number of rotatable bonds is 5. The van der Waals surface area contributed by atoms with Crippen molar-refractivity contribution in [3.63, 3.8) is 0 Å². The van der Waals surface area contributed by atoms with Crippen LogP contribution in [-0.2, 0) is 14.8 Å². The van der Waals surface area contributed by atoms with E-state index in [2.05, 4.69) is 4.98 Å². The first-order chi connectivity index (χ1) is 18.7. The molecule has 4 heterocycles. The third kappa shape index (κ3) is 5.16. The van der Waals surface area contributed by atoms with Crippen molar-refractivity contribution in [2.45, 2.75) is 61.2 Å². The molecule has 3 fully saturated rings. The molecule has 2 unspecified atom stereocenters. The van der Waals surface area contributed by atoms with Gasteiger partial charge in [0.05, 0.1) is 22.7 Å². The van der Waals surface area contributed by atoms with Crippen molar-refractivity contribution in [3.05, 3.63) is 35.5 Å². The second-order valence-electron chi connectivity index (χ2n) is 10.7. The Morgan fingerprint density at radius 1 is 1.03 bits per heavy atom. The number of aromatic nitrogens is 1. The van der Waals surface area contributed by atoms with Gasteiger partial charge in [-0.1, -0.05) is 11.6 Å². The first-order valence-electron chi connectivity index (χ1n) is 13.4. The second-order valence-corrected chi connectivity index (χ2v) is 13.0. The number of ether oxygens (including phenoxy) is 2. The molecule has 6 rings (SSSR count). The summed E-state index contributed by atoms with van der Waals surface area (Å²) in [6.07, 6.45) is 4.04. The number of amides is 1. The Morgan fingerprint density at radius 3 is 2.51 bits per heavy atom. The average molecular weight is 577 g/mol. The number of fused-ring (bicyclic) bond motifs is 3. The van der Waals surface area contributed by atoms with Gasteiger partial charge in [0.1, 0.15) is 29.1 Å². The number of nitrogens with zero attached hydrogens (tertiary/aromatic N) is 4. The van der Waals surface area contributed by atoms with Crippen LogP contribution in [0.3, 0.4) is 0 Å². The Kier molecular flexibility index (Phi) is 7.09. The maximum absolute atomic E-state index is 13.5. The normalized spacial score (nSPS) is 27.6. The summed E-state index contributed by atoms with van der Waals surface area (Å²) in [5.41, 5.74) is 12.7. The van der Waals surface area contributed by atoms with E-state index in [0.29, 0.717) is 41.2 Å². The van der Waals surface area contributed by atoms with Gasteiger partial charge in [-0.3, -0.25) is 4.79 Å². The van der Waals surface area contributed by atoms with E-state index in [1.807, 2.05) is 11.0 Å². The van der Waals surface area contributed by atoms with Crippen molar-refractivity contribution in [1.82, 2.24) is 9.29 Å². The van der Waals surface area contributed by atoms with Crippen LogP contribution in [0.25, 0.3) is 0 Å². The highest BCUT2D eigenvalue weighted by molar-refractivity contribution is 7.89. The molecule has 2 atom stereocenters. The van der Waals surface area contributed by atoms with Gasteiger partial charge in [-0.2, -0.15) is 4.31 Å². The molecule has 39 heavy (non-hydrogen) atoms. The van der Waals surface area contributed by atoms with Crippen LogP contribution in [-0.4, -0.2) is 80.6 Å². The number of hydrogen-bond acceptors (Lipinski definition) is 9. The van der Waals surface area contributed by atoms with Gasteiger partial charge in [0, 0.05) is 62.9 Å². The number of benzene rings is 1. The highest BCUT2D eigenvalue weighted by Gasteiger charge is 2.43. The van der Waals surface area contributed by atoms with Gasteiger partial charge in [-0.05, 0) is 37.8 Å². The van der Waals surface area contributed by atoms with Gasteiger partial charge in [0.25, 0.3) is 0 Å². The summed E-state index contributed by atoms with van der Waals surface area (Å²) in [5.74, 6) is 1.63. The SMILES string of the molecule is NC1CCC(Oc2cc(Cl)nc(N3CCN(S(=O)(=O)c4ccc5c(c4)OCC4C(N)CC(=O)N54)CC3)c2)CC1. The zero-order valence-corrected chi connectivity index (χ0v) is 23.1. The van der Waals surface area contributed by atoms with E-state index in [0.717, 1.165) is 25.7 Å². The standard InChI is InChI=1S/C26H33ClN6O5S/c27-24-11-18(38-17-3-1-16(28)2-4-17)12-25(30-24)31-7-9-32(10-8-31)39(35,36)19-5-6-21-23(13-19)37-15-22-20(29)14-26(34)33(21)22/h5-6,11-13,16-17,20,22H,1-4,7-10,14-15,28-29H2. The van der Waals surface area contributed by atoms with Crippen LogP contribution in [0.15, 0.2) is 35.2 Å². The Bertz CT molecular complexity index is 1360. The van der Waals surface area contributed by atoms with Crippen LogP contribution in [0.4, 0.5) is 11.5 Å². The van der Waals surface area contributed by atoms with E-state index in [1.165, 1.54) is 16.4 Å². The van der Waals surface area contributed by atoms with Crippen LogP contribution < -0.4 is 30.7 Å². The van der Waals surface area contributed by atoms with Crippen LogP contribution in [0.5, 0.6) is 11.5 Å². The number of anilines is 2. The van der Waals surface area contributed by atoms with E-state index in [9.17, 15) is 13.2 Å². The van der Waals surface area contributed by atoms with Crippen molar-refractivity contribution < 1.29 is 22.7 Å². The van der Waals surface area contributed by atoms with Crippen LogP contribution >= 0.6 is 11.6 Å². The predicted molar refractivity (Wildman–Crippen MR) is 147 cm³/mol. The molecule has 2 aromatic rings. The largest absolute Gasteiger partial charge is 0.490 e. The number of piperazine rings is 1. The zero-order valence-electron chi connectivity index (χ0n) is 21.5. The van der Waals surface area contributed by atoms with Gasteiger partial charge >= 0.3 is 0 Å². The van der Waals surface area contributed by atoms with E-state index in [-0.39, 0.29) is 61.1 Å².